The first kappa shape index (κ1) is 15.1. The topological polar surface area (TPSA) is 61.5 Å². The smallest absolute Gasteiger partial charge is 0.251 e. The van der Waals surface area contributed by atoms with E-state index in [1.54, 1.807) is 0 Å². The number of fused-ring (bicyclic) bond motifs is 2. The van der Waals surface area contributed by atoms with Crippen LogP contribution in [0.25, 0.3) is 22.0 Å². The van der Waals surface area contributed by atoms with Gasteiger partial charge in [0.1, 0.15) is 0 Å². The summed E-state index contributed by atoms with van der Waals surface area (Å²) in [6, 6.07) is 18.6. The number of hydrogen-bond acceptors (Lipinski definition) is 2. The number of aromatic amines is 2. The van der Waals surface area contributed by atoms with E-state index in [4.69, 9.17) is 0 Å². The Balaban J connectivity index is 1.49. The monoisotopic (exact) mass is 341 g/mol. The van der Waals surface area contributed by atoms with Crippen LogP contribution in [0.5, 0.6) is 0 Å². The molecule has 2 N–H and O–H groups in total. The highest BCUT2D eigenvalue weighted by Gasteiger charge is 2.23. The highest BCUT2D eigenvalue weighted by molar-refractivity contribution is 5.86. The van der Waals surface area contributed by atoms with E-state index >= 15 is 0 Å². The summed E-state index contributed by atoms with van der Waals surface area (Å²) in [5.41, 5.74) is 5.18. The van der Waals surface area contributed by atoms with Gasteiger partial charge in [0, 0.05) is 17.5 Å². The van der Waals surface area contributed by atoms with Crippen molar-refractivity contribution in [2.24, 2.45) is 0 Å². The number of hydrogen-bond donors (Lipinski definition) is 2. The lowest BCUT2D eigenvalue weighted by atomic mass is 9.83. The Labute approximate surface area is 150 Å². The number of rotatable bonds is 2. The van der Waals surface area contributed by atoms with Gasteiger partial charge in [-0.3, -0.25) is 9.89 Å². The first-order valence-electron chi connectivity index (χ1n) is 9.02. The number of aromatic nitrogens is 3. The molecule has 4 heteroatoms. The fourth-order valence-corrected chi connectivity index (χ4v) is 4.01. The van der Waals surface area contributed by atoms with E-state index in [0.717, 1.165) is 41.8 Å². The molecule has 0 radical (unpaired) electrons. The van der Waals surface area contributed by atoms with E-state index in [2.05, 4.69) is 45.5 Å². The van der Waals surface area contributed by atoms with Crippen LogP contribution in [0.15, 0.2) is 65.6 Å². The second-order valence-corrected chi connectivity index (χ2v) is 7.02. The number of nitrogens with one attached hydrogen (secondary N) is 2. The Kier molecular flexibility index (Phi) is 3.49. The van der Waals surface area contributed by atoms with Crippen LogP contribution in [0.4, 0.5) is 0 Å². The highest BCUT2D eigenvalue weighted by atomic mass is 16.1. The van der Waals surface area contributed by atoms with Crippen LogP contribution in [-0.4, -0.2) is 15.2 Å². The fourth-order valence-electron chi connectivity index (χ4n) is 4.01. The predicted octanol–water partition coefficient (Wildman–Crippen LogP) is 4.19. The molecule has 0 bridgehead atoms. The summed E-state index contributed by atoms with van der Waals surface area (Å²) in [4.78, 5) is 15.8. The van der Waals surface area contributed by atoms with E-state index in [0.29, 0.717) is 0 Å². The van der Waals surface area contributed by atoms with Gasteiger partial charge in [0.15, 0.2) is 0 Å². The van der Waals surface area contributed by atoms with Crippen molar-refractivity contribution in [3.63, 3.8) is 0 Å². The Morgan fingerprint density at radius 3 is 2.77 bits per heavy atom. The van der Waals surface area contributed by atoms with Gasteiger partial charge in [-0.1, -0.05) is 42.5 Å². The number of aryl methyl sites for hydroxylation is 1. The average Bonchev–Trinajstić information content (AvgIpc) is 3.15. The molecule has 1 atom stereocenters. The quantitative estimate of drug-likeness (QED) is 0.574. The second kappa shape index (κ2) is 5.99. The molecule has 4 aromatic rings. The largest absolute Gasteiger partial charge is 0.322 e. The van der Waals surface area contributed by atoms with Gasteiger partial charge in [-0.05, 0) is 59.2 Å². The molecule has 128 valence electrons. The molecule has 0 amide bonds. The minimum Gasteiger partial charge on any atom is -0.322 e. The Bertz CT molecular complexity index is 1160. The molecule has 1 aliphatic carbocycles. The summed E-state index contributed by atoms with van der Waals surface area (Å²) in [6.07, 6.45) is 4.73. The third kappa shape index (κ3) is 2.54. The summed E-state index contributed by atoms with van der Waals surface area (Å²) in [7, 11) is 0. The van der Waals surface area contributed by atoms with E-state index < -0.39 is 0 Å². The van der Waals surface area contributed by atoms with Gasteiger partial charge >= 0.3 is 0 Å². The van der Waals surface area contributed by atoms with Crippen LogP contribution < -0.4 is 5.56 Å². The first-order chi connectivity index (χ1) is 12.8. The van der Waals surface area contributed by atoms with E-state index in [-0.39, 0.29) is 11.5 Å². The van der Waals surface area contributed by atoms with Crippen molar-refractivity contribution in [2.45, 2.75) is 25.2 Å². The van der Waals surface area contributed by atoms with E-state index in [9.17, 15) is 4.79 Å². The number of benzene rings is 2. The minimum absolute atomic E-state index is 0.0209. The minimum atomic E-state index is 0.0209. The Morgan fingerprint density at radius 2 is 1.88 bits per heavy atom. The molecule has 0 spiro atoms. The molecule has 0 aliphatic heterocycles. The molecule has 2 heterocycles. The van der Waals surface area contributed by atoms with Gasteiger partial charge in [-0.2, -0.15) is 5.10 Å². The van der Waals surface area contributed by atoms with Crippen molar-refractivity contribution >= 4 is 10.8 Å². The lowest BCUT2D eigenvalue weighted by molar-refractivity contribution is 0.574. The lowest BCUT2D eigenvalue weighted by Crippen LogP contribution is -2.21. The van der Waals surface area contributed by atoms with E-state index in [1.807, 2.05) is 30.5 Å². The molecule has 1 aliphatic rings. The second-order valence-electron chi connectivity index (χ2n) is 7.02. The Hall–Kier alpha value is -3.14. The third-order valence-electron chi connectivity index (χ3n) is 5.45. The maximum absolute atomic E-state index is 12.7. The molecule has 2 aromatic carbocycles. The number of nitrogens with zero attached hydrogens (tertiary/aromatic N) is 1. The van der Waals surface area contributed by atoms with Crippen molar-refractivity contribution in [3.8, 4) is 11.3 Å². The van der Waals surface area contributed by atoms with E-state index in [1.165, 1.54) is 16.3 Å². The van der Waals surface area contributed by atoms with Crippen LogP contribution in [-0.2, 0) is 12.8 Å². The zero-order valence-electron chi connectivity index (χ0n) is 14.3. The van der Waals surface area contributed by atoms with Crippen molar-refractivity contribution < 1.29 is 0 Å². The van der Waals surface area contributed by atoms with Crippen LogP contribution in [0.3, 0.4) is 0 Å². The third-order valence-corrected chi connectivity index (χ3v) is 5.45. The number of H-pyrrole nitrogens is 2. The molecular formula is C22H19N3O. The van der Waals surface area contributed by atoms with Gasteiger partial charge in [0.05, 0.1) is 5.69 Å². The molecule has 4 nitrogen and oxygen atoms in total. The molecule has 1 unspecified atom stereocenters. The SMILES string of the molecule is O=c1[nH]c(-c2ccc3ccccc3c2)ccc1C1CCc2n[nH]cc2C1. The summed E-state index contributed by atoms with van der Waals surface area (Å²) >= 11 is 0. The summed E-state index contributed by atoms with van der Waals surface area (Å²) in [5, 5.41) is 9.59. The predicted molar refractivity (Wildman–Crippen MR) is 103 cm³/mol. The summed E-state index contributed by atoms with van der Waals surface area (Å²) in [5.74, 6) is 0.259. The lowest BCUT2D eigenvalue weighted by Gasteiger charge is -2.21. The maximum Gasteiger partial charge on any atom is 0.251 e. The molecular weight excluding hydrogens is 322 g/mol. The van der Waals surface area contributed by atoms with Crippen molar-refractivity contribution in [3.05, 3.63) is 88.0 Å². The average molecular weight is 341 g/mol. The van der Waals surface area contributed by atoms with Gasteiger partial charge in [0.25, 0.3) is 5.56 Å². The van der Waals surface area contributed by atoms with Crippen molar-refractivity contribution in [1.29, 1.82) is 0 Å². The fraction of sp³-hybridized carbons (Fsp3) is 0.182. The number of pyridine rings is 1. The van der Waals surface area contributed by atoms with Crippen LogP contribution in [0.2, 0.25) is 0 Å². The molecule has 0 saturated carbocycles. The van der Waals surface area contributed by atoms with Crippen LogP contribution in [0, 0.1) is 0 Å². The van der Waals surface area contributed by atoms with Gasteiger partial charge in [0.2, 0.25) is 0 Å². The summed E-state index contributed by atoms with van der Waals surface area (Å²) < 4.78 is 0. The molecule has 0 saturated heterocycles. The molecule has 5 rings (SSSR count). The zero-order chi connectivity index (χ0) is 17.5. The highest BCUT2D eigenvalue weighted by Crippen LogP contribution is 2.30. The first-order valence-corrected chi connectivity index (χ1v) is 9.02. The zero-order valence-corrected chi connectivity index (χ0v) is 14.3. The van der Waals surface area contributed by atoms with Crippen molar-refractivity contribution in [1.82, 2.24) is 15.2 Å². The Morgan fingerprint density at radius 1 is 1.00 bits per heavy atom. The maximum atomic E-state index is 12.7. The van der Waals surface area contributed by atoms with Crippen LogP contribution in [0.1, 0.15) is 29.2 Å². The van der Waals surface area contributed by atoms with Gasteiger partial charge < -0.3 is 4.98 Å². The summed E-state index contributed by atoms with van der Waals surface area (Å²) in [6.45, 7) is 0. The molecule has 26 heavy (non-hydrogen) atoms. The van der Waals surface area contributed by atoms with Crippen molar-refractivity contribution in [2.75, 3.05) is 0 Å². The van der Waals surface area contributed by atoms with Gasteiger partial charge in [-0.25, -0.2) is 0 Å². The normalized spacial score (nSPS) is 16.5. The molecule has 0 fully saturated rings. The standard InChI is InChI=1S/C22H19N3O/c26-22-19(16-7-9-21-18(12-16)13-23-25-21)8-10-20(24-22)17-6-5-14-3-1-2-4-15(14)11-17/h1-6,8,10-11,13,16H,7,9,12H2,(H,23,25)(H,24,26). The molecule has 2 aromatic heterocycles. The van der Waals surface area contributed by atoms with Crippen LogP contribution >= 0.6 is 0 Å². The van der Waals surface area contributed by atoms with Gasteiger partial charge in [-0.15, -0.1) is 0 Å².